The number of halogens is 1. The Morgan fingerprint density at radius 3 is 1.35 bits per heavy atom. The Bertz CT molecular complexity index is 1970. The third-order valence-electron chi connectivity index (χ3n) is 7.05. The number of carbonyl (C=O) groups is 5. The molecule has 0 saturated carbocycles. The van der Waals surface area contributed by atoms with Crippen LogP contribution in [0.4, 0.5) is 22.7 Å². The minimum atomic E-state index is -0.483. The van der Waals surface area contributed by atoms with E-state index in [1.54, 1.807) is 71.2 Å². The lowest BCUT2D eigenvalue weighted by atomic mass is 10.3. The summed E-state index contributed by atoms with van der Waals surface area (Å²) in [5.74, 6) is -2.22. The molecule has 49 heavy (non-hydrogen) atoms. The lowest BCUT2D eigenvalue weighted by molar-refractivity contribution is -0.115. The van der Waals surface area contributed by atoms with E-state index < -0.39 is 17.7 Å². The number of hydrogen-bond donors (Lipinski definition) is 7. The van der Waals surface area contributed by atoms with Gasteiger partial charge in [-0.3, -0.25) is 29.0 Å². The van der Waals surface area contributed by atoms with Crippen LogP contribution in [0.5, 0.6) is 0 Å². The van der Waals surface area contributed by atoms with Gasteiger partial charge in [-0.25, -0.2) is 0 Å². The zero-order valence-corrected chi connectivity index (χ0v) is 28.0. The van der Waals surface area contributed by atoms with Crippen molar-refractivity contribution in [3.63, 3.8) is 0 Å². The maximum atomic E-state index is 13.2. The number of hydrogen-bond acceptors (Lipinski definition) is 6. The van der Waals surface area contributed by atoms with Crippen LogP contribution in [-0.2, 0) is 33.0 Å². The molecule has 0 unspecified atom stereocenters. The van der Waals surface area contributed by atoms with E-state index in [1.807, 2.05) is 0 Å². The fourth-order valence-corrected chi connectivity index (χ4v) is 4.97. The molecule has 18 heteroatoms. The molecule has 4 aromatic rings. The highest BCUT2D eigenvalue weighted by Gasteiger charge is 2.20. The molecule has 0 spiro atoms. The van der Waals surface area contributed by atoms with Gasteiger partial charge in [-0.05, 0) is 24.3 Å². The number of amides is 5. The van der Waals surface area contributed by atoms with Crippen molar-refractivity contribution in [2.45, 2.75) is 6.42 Å². The van der Waals surface area contributed by atoms with E-state index in [-0.39, 0.29) is 59.4 Å². The first-order valence-electron chi connectivity index (χ1n) is 14.7. The number of aromatic nitrogens is 4. The number of aliphatic imine (C=N–C) groups is 1. The van der Waals surface area contributed by atoms with Crippen LogP contribution in [0.3, 0.4) is 0 Å². The molecule has 4 heterocycles. The van der Waals surface area contributed by atoms with E-state index in [0.717, 1.165) is 0 Å². The molecule has 0 aliphatic rings. The zero-order valence-electron chi connectivity index (χ0n) is 27.3. The van der Waals surface area contributed by atoms with Gasteiger partial charge in [0, 0.05) is 64.6 Å². The summed E-state index contributed by atoms with van der Waals surface area (Å²) in [5, 5.41) is 13.8. The van der Waals surface area contributed by atoms with Crippen LogP contribution in [0.1, 0.15) is 48.4 Å². The van der Waals surface area contributed by atoms with Crippen LogP contribution in [0.2, 0.25) is 0 Å². The Labute approximate surface area is 285 Å². The Hall–Kier alpha value is -6.23. The van der Waals surface area contributed by atoms with Crippen LogP contribution in [0.15, 0.2) is 65.7 Å². The van der Waals surface area contributed by atoms with Crippen molar-refractivity contribution in [3.8, 4) is 0 Å². The summed E-state index contributed by atoms with van der Waals surface area (Å²) in [7, 11) is 6.61. The Morgan fingerprint density at radius 1 is 0.653 bits per heavy atom. The average Bonchev–Trinajstić information content (AvgIpc) is 3.75. The maximum absolute atomic E-state index is 13.2. The third kappa shape index (κ3) is 9.19. The summed E-state index contributed by atoms with van der Waals surface area (Å²) in [4.78, 5) is 67.6. The van der Waals surface area contributed by atoms with Gasteiger partial charge in [0.25, 0.3) is 23.6 Å². The number of nitrogens with zero attached hydrogens (tertiary/aromatic N) is 5. The summed E-state index contributed by atoms with van der Waals surface area (Å²) in [5.41, 5.74) is 13.1. The smallest absolute Gasteiger partial charge is 0.272 e. The minimum absolute atomic E-state index is 0.0643. The van der Waals surface area contributed by atoms with Crippen LogP contribution < -0.4 is 38.1 Å². The highest BCUT2D eigenvalue weighted by atomic mass is 35.5. The summed E-state index contributed by atoms with van der Waals surface area (Å²) < 4.78 is 6.20. The molecule has 0 aliphatic heterocycles. The molecule has 4 aromatic heterocycles. The molecule has 17 nitrogen and oxygen atoms in total. The molecule has 0 aliphatic carbocycles. The van der Waals surface area contributed by atoms with Gasteiger partial charge in [0.1, 0.15) is 22.8 Å². The normalized spacial score (nSPS) is 10.6. The second-order valence-corrected chi connectivity index (χ2v) is 11.6. The largest absolute Gasteiger partial charge is 0.370 e. The second kappa shape index (κ2) is 15.1. The average molecular weight is 693 g/mol. The fourth-order valence-electron chi connectivity index (χ4n) is 4.84. The molecule has 0 saturated heterocycles. The lowest BCUT2D eigenvalue weighted by Gasteiger charge is -2.04. The van der Waals surface area contributed by atoms with Gasteiger partial charge >= 0.3 is 0 Å². The molecule has 0 radical (unpaired) electrons. The highest BCUT2D eigenvalue weighted by Crippen LogP contribution is 2.21. The van der Waals surface area contributed by atoms with Crippen LogP contribution >= 0.6 is 11.6 Å². The van der Waals surface area contributed by atoms with Crippen LogP contribution in [-0.4, -0.2) is 66.9 Å². The van der Waals surface area contributed by atoms with Crippen molar-refractivity contribution in [1.29, 1.82) is 0 Å². The summed E-state index contributed by atoms with van der Waals surface area (Å²) >= 11 is 5.69. The maximum Gasteiger partial charge on any atom is 0.272 e. The summed E-state index contributed by atoms with van der Waals surface area (Å²) in [6, 6.07) is 6.05. The van der Waals surface area contributed by atoms with Gasteiger partial charge in [-0.2, -0.15) is 0 Å². The molecule has 9 N–H and O–H groups in total. The highest BCUT2D eigenvalue weighted by molar-refractivity contribution is 6.30. The van der Waals surface area contributed by atoms with Gasteiger partial charge in [-0.1, -0.05) is 18.2 Å². The second-order valence-electron chi connectivity index (χ2n) is 11.1. The third-order valence-corrected chi connectivity index (χ3v) is 7.19. The number of carbonyl (C=O) groups excluding carboxylic acids is 5. The molecule has 0 fully saturated rings. The van der Waals surface area contributed by atoms with E-state index in [1.165, 1.54) is 24.3 Å². The van der Waals surface area contributed by atoms with Gasteiger partial charge in [0.05, 0.1) is 35.7 Å². The van der Waals surface area contributed by atoms with Gasteiger partial charge < -0.3 is 56.3 Å². The fraction of sp³-hybridized carbons (Fsp3) is 0.226. The van der Waals surface area contributed by atoms with E-state index in [0.29, 0.717) is 28.4 Å². The van der Waals surface area contributed by atoms with E-state index >= 15 is 0 Å². The van der Waals surface area contributed by atoms with Crippen molar-refractivity contribution in [2.75, 3.05) is 34.4 Å². The molecule has 0 bridgehead atoms. The van der Waals surface area contributed by atoms with Crippen LogP contribution in [0, 0.1) is 0 Å². The zero-order chi connectivity index (χ0) is 36.0. The molecular weight excluding hydrogens is 656 g/mol. The summed E-state index contributed by atoms with van der Waals surface area (Å²) in [6.07, 6.45) is 6.26. The number of guanidine groups is 1. The monoisotopic (exact) mass is 692 g/mol. The Kier molecular flexibility index (Phi) is 11.0. The molecule has 0 atom stereocenters. The number of anilines is 4. The van der Waals surface area contributed by atoms with E-state index in [4.69, 9.17) is 23.1 Å². The van der Waals surface area contributed by atoms with Crippen molar-refractivity contribution >= 4 is 69.8 Å². The summed E-state index contributed by atoms with van der Waals surface area (Å²) in [6.45, 7) is 3.94. The number of nitrogens with one attached hydrogen (secondary N) is 5. The Morgan fingerprint density at radius 2 is 1.00 bits per heavy atom. The standard InChI is InChI=1S/C31H37ClN12O5/c1-17(32)8-26(45)37-18-9-23(42(3)13-18)28(47)39-20-11-25(44(5)15-20)30(49)40-21-12-24(43(4)16-21)29(48)38-19-10-22(41(2)14-19)27(46)35-6-7-36-31(33)34/h9-16H,1,6-8H2,2-5H3,(H,35,46)(H,37,45)(H,38,48)(H,39,47)(H,40,49)(H4,33,34,36). The van der Waals surface area contributed by atoms with Crippen molar-refractivity contribution in [1.82, 2.24) is 23.6 Å². The number of aryl methyl sites for hydroxylation is 4. The van der Waals surface area contributed by atoms with Crippen LogP contribution in [0.25, 0.3) is 0 Å². The first kappa shape index (κ1) is 35.6. The van der Waals surface area contributed by atoms with Crippen molar-refractivity contribution in [2.24, 2.45) is 44.7 Å². The molecule has 4 rings (SSSR count). The van der Waals surface area contributed by atoms with E-state index in [2.05, 4.69) is 38.2 Å². The van der Waals surface area contributed by atoms with Gasteiger partial charge in [0.15, 0.2) is 5.96 Å². The lowest BCUT2D eigenvalue weighted by Crippen LogP contribution is -2.29. The first-order valence-corrected chi connectivity index (χ1v) is 15.0. The quantitative estimate of drug-likeness (QED) is 0.0624. The first-order chi connectivity index (χ1) is 23.1. The minimum Gasteiger partial charge on any atom is -0.370 e. The molecule has 258 valence electrons. The van der Waals surface area contributed by atoms with Crippen molar-refractivity contribution in [3.05, 3.63) is 83.4 Å². The predicted molar refractivity (Wildman–Crippen MR) is 187 cm³/mol. The molecular formula is C31H37ClN12O5. The predicted octanol–water partition coefficient (Wildman–Crippen LogP) is 1.88. The number of rotatable bonds is 13. The van der Waals surface area contributed by atoms with E-state index in [9.17, 15) is 24.0 Å². The molecule has 0 aromatic carbocycles. The Balaban J connectivity index is 1.37. The SMILES string of the molecule is C=C(Cl)CC(=O)Nc1cc(C(=O)Nc2cc(C(=O)Nc3cc(C(=O)Nc4cc(C(=O)NCCN=C(N)N)n(C)c4)n(C)c3)n(C)c2)n(C)c1. The van der Waals surface area contributed by atoms with Gasteiger partial charge in [-0.15, -0.1) is 0 Å². The number of nitrogens with two attached hydrogens (primary N) is 2. The van der Waals surface area contributed by atoms with Crippen molar-refractivity contribution < 1.29 is 24.0 Å². The topological polar surface area (TPSA) is 230 Å². The molecule has 5 amide bonds. The van der Waals surface area contributed by atoms with Gasteiger partial charge in [0.2, 0.25) is 5.91 Å².